The molecule has 1 aliphatic heterocycles. The molecule has 2 rings (SSSR count). The SMILES string of the molecule is CNC(=O)C1CC(c2ccc(C(F)(F)F)cc2)CN1. The van der Waals surface area contributed by atoms with Crippen LogP contribution in [0.3, 0.4) is 0 Å². The summed E-state index contributed by atoms with van der Waals surface area (Å²) < 4.78 is 37.3. The number of amides is 1. The maximum absolute atomic E-state index is 12.4. The van der Waals surface area contributed by atoms with Crippen LogP contribution in [-0.2, 0) is 11.0 Å². The summed E-state index contributed by atoms with van der Waals surface area (Å²) in [6, 6.07) is 4.88. The van der Waals surface area contributed by atoms with E-state index in [4.69, 9.17) is 0 Å². The third-order valence-electron chi connectivity index (χ3n) is 3.40. The van der Waals surface area contributed by atoms with Crippen LogP contribution in [0.5, 0.6) is 0 Å². The van der Waals surface area contributed by atoms with Gasteiger partial charge in [-0.1, -0.05) is 12.1 Å². The van der Waals surface area contributed by atoms with Crippen LogP contribution in [0.4, 0.5) is 13.2 Å². The minimum absolute atomic E-state index is 0.0737. The quantitative estimate of drug-likeness (QED) is 0.863. The van der Waals surface area contributed by atoms with E-state index in [0.717, 1.165) is 17.7 Å². The summed E-state index contributed by atoms with van der Waals surface area (Å²) in [5, 5.41) is 5.62. The van der Waals surface area contributed by atoms with Gasteiger partial charge in [0.25, 0.3) is 0 Å². The average Bonchev–Trinajstić information content (AvgIpc) is 2.86. The van der Waals surface area contributed by atoms with Crippen LogP contribution in [0.1, 0.15) is 23.5 Å². The first-order valence-electron chi connectivity index (χ1n) is 6.04. The van der Waals surface area contributed by atoms with Crippen molar-refractivity contribution >= 4 is 5.91 Å². The van der Waals surface area contributed by atoms with Crippen molar-refractivity contribution in [2.24, 2.45) is 0 Å². The first kappa shape index (κ1) is 13.9. The monoisotopic (exact) mass is 272 g/mol. The fourth-order valence-corrected chi connectivity index (χ4v) is 2.31. The van der Waals surface area contributed by atoms with Crippen molar-refractivity contribution in [1.29, 1.82) is 0 Å². The number of benzene rings is 1. The third kappa shape index (κ3) is 3.07. The molecule has 104 valence electrons. The second kappa shape index (κ2) is 5.21. The summed E-state index contributed by atoms with van der Waals surface area (Å²) in [6.07, 6.45) is -3.71. The van der Waals surface area contributed by atoms with E-state index < -0.39 is 11.7 Å². The van der Waals surface area contributed by atoms with Gasteiger partial charge in [-0.15, -0.1) is 0 Å². The molecule has 19 heavy (non-hydrogen) atoms. The highest BCUT2D eigenvalue weighted by Crippen LogP contribution is 2.32. The van der Waals surface area contributed by atoms with Gasteiger partial charge in [0.05, 0.1) is 11.6 Å². The maximum Gasteiger partial charge on any atom is 0.416 e. The van der Waals surface area contributed by atoms with E-state index in [1.54, 1.807) is 7.05 Å². The van der Waals surface area contributed by atoms with Gasteiger partial charge in [-0.25, -0.2) is 0 Å². The fourth-order valence-electron chi connectivity index (χ4n) is 2.31. The molecule has 0 aliphatic carbocycles. The Labute approximate surface area is 109 Å². The molecule has 0 saturated carbocycles. The van der Waals surface area contributed by atoms with Crippen LogP contribution in [-0.4, -0.2) is 25.5 Å². The summed E-state index contributed by atoms with van der Waals surface area (Å²) in [6.45, 7) is 0.601. The number of rotatable bonds is 2. The molecule has 1 aromatic rings. The number of likely N-dealkylation sites (N-methyl/N-ethyl adjacent to an activating group) is 1. The fraction of sp³-hybridized carbons (Fsp3) is 0.462. The lowest BCUT2D eigenvalue weighted by Crippen LogP contribution is -2.38. The number of carbonyl (C=O) groups is 1. The second-order valence-electron chi connectivity index (χ2n) is 4.63. The molecule has 2 atom stereocenters. The number of nitrogens with one attached hydrogen (secondary N) is 2. The van der Waals surface area contributed by atoms with Crippen LogP contribution in [0, 0.1) is 0 Å². The molecule has 0 bridgehead atoms. The lowest BCUT2D eigenvalue weighted by atomic mass is 9.95. The van der Waals surface area contributed by atoms with Crippen LogP contribution >= 0.6 is 0 Å². The van der Waals surface area contributed by atoms with E-state index in [1.165, 1.54) is 12.1 Å². The molecule has 0 aromatic heterocycles. The molecule has 1 heterocycles. The second-order valence-corrected chi connectivity index (χ2v) is 4.63. The van der Waals surface area contributed by atoms with Crippen molar-refractivity contribution in [2.45, 2.75) is 24.6 Å². The summed E-state index contributed by atoms with van der Waals surface area (Å²) in [5.41, 5.74) is 0.178. The van der Waals surface area contributed by atoms with Gasteiger partial charge in [0.1, 0.15) is 0 Å². The zero-order chi connectivity index (χ0) is 14.0. The van der Waals surface area contributed by atoms with E-state index >= 15 is 0 Å². The minimum atomic E-state index is -4.31. The van der Waals surface area contributed by atoms with E-state index in [2.05, 4.69) is 10.6 Å². The van der Waals surface area contributed by atoms with Gasteiger partial charge >= 0.3 is 6.18 Å². The van der Waals surface area contributed by atoms with Crippen molar-refractivity contribution in [2.75, 3.05) is 13.6 Å². The zero-order valence-electron chi connectivity index (χ0n) is 10.4. The summed E-state index contributed by atoms with van der Waals surface area (Å²) >= 11 is 0. The molecule has 1 amide bonds. The maximum atomic E-state index is 12.4. The molecule has 6 heteroatoms. The molecular weight excluding hydrogens is 257 g/mol. The molecule has 1 saturated heterocycles. The van der Waals surface area contributed by atoms with Gasteiger partial charge < -0.3 is 10.6 Å². The minimum Gasteiger partial charge on any atom is -0.358 e. The Hall–Kier alpha value is -1.56. The molecule has 0 radical (unpaired) electrons. The Bertz CT molecular complexity index is 456. The average molecular weight is 272 g/mol. The Morgan fingerprint density at radius 2 is 1.95 bits per heavy atom. The highest BCUT2D eigenvalue weighted by atomic mass is 19.4. The first-order valence-corrected chi connectivity index (χ1v) is 6.04. The molecule has 1 aliphatic rings. The van der Waals surface area contributed by atoms with Crippen LogP contribution in [0.25, 0.3) is 0 Å². The molecule has 3 nitrogen and oxygen atoms in total. The lowest BCUT2D eigenvalue weighted by molar-refractivity contribution is -0.137. The Kier molecular flexibility index (Phi) is 3.80. The first-order chi connectivity index (χ1) is 8.91. The van der Waals surface area contributed by atoms with Crippen molar-refractivity contribution in [3.63, 3.8) is 0 Å². The number of hydrogen-bond acceptors (Lipinski definition) is 2. The molecule has 2 unspecified atom stereocenters. The Balaban J connectivity index is 2.06. The number of carbonyl (C=O) groups excluding carboxylic acids is 1. The van der Waals surface area contributed by atoms with Crippen molar-refractivity contribution in [1.82, 2.24) is 10.6 Å². The normalized spacial score (nSPS) is 23.4. The summed E-state index contributed by atoms with van der Waals surface area (Å²) in [4.78, 5) is 11.5. The van der Waals surface area contributed by atoms with Gasteiger partial charge in [0.15, 0.2) is 0 Å². The van der Waals surface area contributed by atoms with Crippen LogP contribution in [0.2, 0.25) is 0 Å². The molecule has 1 aromatic carbocycles. The Morgan fingerprint density at radius 1 is 1.32 bits per heavy atom. The van der Waals surface area contributed by atoms with Crippen LogP contribution in [0.15, 0.2) is 24.3 Å². The van der Waals surface area contributed by atoms with Gasteiger partial charge in [0.2, 0.25) is 5.91 Å². The number of hydrogen-bond donors (Lipinski definition) is 2. The van der Waals surface area contributed by atoms with Crippen LogP contribution < -0.4 is 10.6 Å². The highest BCUT2D eigenvalue weighted by molar-refractivity contribution is 5.81. The number of halogens is 3. The van der Waals surface area contributed by atoms with Gasteiger partial charge in [-0.3, -0.25) is 4.79 Å². The summed E-state index contributed by atoms with van der Waals surface area (Å²) in [5.74, 6) is -0.0148. The predicted molar refractivity (Wildman–Crippen MR) is 64.7 cm³/mol. The largest absolute Gasteiger partial charge is 0.416 e. The van der Waals surface area contributed by atoms with Gasteiger partial charge in [-0.2, -0.15) is 13.2 Å². The topological polar surface area (TPSA) is 41.1 Å². The van der Waals surface area contributed by atoms with E-state index in [-0.39, 0.29) is 17.9 Å². The lowest BCUT2D eigenvalue weighted by Gasteiger charge is -2.12. The summed E-state index contributed by atoms with van der Waals surface area (Å²) in [7, 11) is 1.56. The van der Waals surface area contributed by atoms with Crippen molar-refractivity contribution < 1.29 is 18.0 Å². The number of alkyl halides is 3. The Morgan fingerprint density at radius 3 is 2.47 bits per heavy atom. The van der Waals surface area contributed by atoms with Gasteiger partial charge in [-0.05, 0) is 30.0 Å². The van der Waals surface area contributed by atoms with Crippen molar-refractivity contribution in [3.05, 3.63) is 35.4 Å². The van der Waals surface area contributed by atoms with E-state index in [0.29, 0.717) is 13.0 Å². The molecule has 0 spiro atoms. The molecular formula is C13H15F3N2O. The predicted octanol–water partition coefficient (Wildman–Crippen LogP) is 1.90. The van der Waals surface area contributed by atoms with E-state index in [9.17, 15) is 18.0 Å². The third-order valence-corrected chi connectivity index (χ3v) is 3.40. The smallest absolute Gasteiger partial charge is 0.358 e. The van der Waals surface area contributed by atoms with E-state index in [1.807, 2.05) is 0 Å². The molecule has 1 fully saturated rings. The highest BCUT2D eigenvalue weighted by Gasteiger charge is 2.32. The zero-order valence-corrected chi connectivity index (χ0v) is 10.4. The van der Waals surface area contributed by atoms with Crippen molar-refractivity contribution in [3.8, 4) is 0 Å². The van der Waals surface area contributed by atoms with Gasteiger partial charge in [0, 0.05) is 13.6 Å². The molecule has 2 N–H and O–H groups in total. The standard InChI is InChI=1S/C13H15F3N2O/c1-17-12(19)11-6-9(7-18-11)8-2-4-10(5-3-8)13(14,15)16/h2-5,9,11,18H,6-7H2,1H3,(H,17,19).